The number of ether oxygens (including phenoxy) is 4. The SMILES string of the molecule is O=C(OC[C@H]1O[C@@H](n2cc(I)c3c2ncn2nnnc32)[C@H](OC(=O)c2ccccc2)[C@@H]1OC(=O)c1ccccc1)c1ccccc1. The summed E-state index contributed by atoms with van der Waals surface area (Å²) >= 11 is 2.14. The van der Waals surface area contributed by atoms with Gasteiger partial charge in [0.2, 0.25) is 0 Å². The second kappa shape index (κ2) is 12.6. The molecule has 3 aromatic carbocycles. The largest absolute Gasteiger partial charge is 0.459 e. The summed E-state index contributed by atoms with van der Waals surface area (Å²) < 4.78 is 28.1. The Morgan fingerprint density at radius 3 is 1.93 bits per heavy atom. The van der Waals surface area contributed by atoms with Crippen molar-refractivity contribution in [1.29, 1.82) is 0 Å². The van der Waals surface area contributed by atoms with Gasteiger partial charge < -0.3 is 23.5 Å². The second-order valence-electron chi connectivity index (χ2n) is 10.3. The summed E-state index contributed by atoms with van der Waals surface area (Å²) in [6, 6.07) is 25.3. The van der Waals surface area contributed by atoms with Crippen molar-refractivity contribution in [3.05, 3.63) is 124 Å². The average Bonchev–Trinajstić information content (AvgIpc) is 3.80. The molecule has 1 aliphatic rings. The number of esters is 3. The summed E-state index contributed by atoms with van der Waals surface area (Å²) in [4.78, 5) is 44.4. The molecule has 0 N–H and O–H groups in total. The lowest BCUT2D eigenvalue weighted by Gasteiger charge is -2.25. The fourth-order valence-corrected chi connectivity index (χ4v) is 6.02. The van der Waals surface area contributed by atoms with Gasteiger partial charge in [0.25, 0.3) is 0 Å². The number of fused-ring (bicyclic) bond motifs is 3. The summed E-state index contributed by atoms with van der Waals surface area (Å²) in [6.45, 7) is -0.307. The van der Waals surface area contributed by atoms with E-state index in [1.165, 1.54) is 10.8 Å². The molecule has 1 aliphatic heterocycles. The lowest BCUT2D eigenvalue weighted by Crippen LogP contribution is -2.41. The predicted molar refractivity (Wildman–Crippen MR) is 169 cm³/mol. The maximum absolute atomic E-state index is 13.5. The van der Waals surface area contributed by atoms with Crippen molar-refractivity contribution in [2.45, 2.75) is 24.5 Å². The summed E-state index contributed by atoms with van der Waals surface area (Å²) in [6.07, 6.45) is -1.26. The van der Waals surface area contributed by atoms with E-state index < -0.39 is 42.4 Å². The summed E-state index contributed by atoms with van der Waals surface area (Å²) in [5.74, 6) is -1.93. The van der Waals surface area contributed by atoms with Crippen molar-refractivity contribution < 1.29 is 33.3 Å². The van der Waals surface area contributed by atoms with Crippen LogP contribution in [0.5, 0.6) is 0 Å². The number of carbonyl (C=O) groups excluding carboxylic acids is 3. The molecule has 0 bridgehead atoms. The Kier molecular flexibility index (Phi) is 8.11. The van der Waals surface area contributed by atoms with Gasteiger partial charge in [0.05, 0.1) is 22.1 Å². The molecule has 14 heteroatoms. The first kappa shape index (κ1) is 29.5. The number of carbonyl (C=O) groups is 3. The molecule has 1 saturated heterocycles. The van der Waals surface area contributed by atoms with Gasteiger partial charge in [-0.15, -0.1) is 5.10 Å². The molecule has 4 atom stereocenters. The van der Waals surface area contributed by atoms with Crippen molar-refractivity contribution in [2.24, 2.45) is 0 Å². The Morgan fingerprint density at radius 2 is 1.33 bits per heavy atom. The summed E-state index contributed by atoms with van der Waals surface area (Å²) in [5, 5.41) is 12.4. The van der Waals surface area contributed by atoms with Crippen molar-refractivity contribution in [3.63, 3.8) is 0 Å². The van der Waals surface area contributed by atoms with Crippen molar-refractivity contribution in [1.82, 2.24) is 29.6 Å². The number of tetrazole rings is 1. The van der Waals surface area contributed by atoms with Crippen LogP contribution in [0.4, 0.5) is 0 Å². The number of nitrogens with zero attached hydrogens (tertiary/aromatic N) is 6. The average molecular weight is 730 g/mol. The fraction of sp³-hybridized carbons (Fsp3) is 0.156. The molecule has 0 spiro atoms. The highest BCUT2D eigenvalue weighted by atomic mass is 127. The van der Waals surface area contributed by atoms with Gasteiger partial charge in [-0.25, -0.2) is 19.4 Å². The monoisotopic (exact) mass is 730 g/mol. The summed E-state index contributed by atoms with van der Waals surface area (Å²) in [5.41, 5.74) is 1.80. The zero-order chi connectivity index (χ0) is 31.6. The molecule has 13 nitrogen and oxygen atoms in total. The maximum Gasteiger partial charge on any atom is 0.338 e. The number of aromatic nitrogens is 6. The fourth-order valence-electron chi connectivity index (χ4n) is 5.24. The van der Waals surface area contributed by atoms with Crippen molar-refractivity contribution in [2.75, 3.05) is 6.61 Å². The van der Waals surface area contributed by atoms with E-state index >= 15 is 0 Å². The van der Waals surface area contributed by atoms with Crippen LogP contribution in [0.1, 0.15) is 37.3 Å². The van der Waals surface area contributed by atoms with Gasteiger partial charge >= 0.3 is 17.9 Å². The van der Waals surface area contributed by atoms with Crippen molar-refractivity contribution in [3.8, 4) is 0 Å². The number of rotatable bonds is 8. The van der Waals surface area contributed by atoms with Gasteiger partial charge in [-0.05, 0) is 69.4 Å². The highest BCUT2D eigenvalue weighted by Gasteiger charge is 2.52. The maximum atomic E-state index is 13.5. The molecule has 46 heavy (non-hydrogen) atoms. The highest BCUT2D eigenvalue weighted by Crippen LogP contribution is 2.38. The number of hydrogen-bond acceptors (Lipinski definition) is 11. The lowest BCUT2D eigenvalue weighted by atomic mass is 10.1. The molecular formula is C32H23IN6O7. The van der Waals surface area contributed by atoms with Crippen LogP contribution >= 0.6 is 22.6 Å². The van der Waals surface area contributed by atoms with Crippen LogP contribution in [0.2, 0.25) is 0 Å². The van der Waals surface area contributed by atoms with Crippen LogP contribution in [0.3, 0.4) is 0 Å². The molecule has 6 aromatic rings. The van der Waals surface area contributed by atoms with Crippen LogP contribution in [-0.2, 0) is 18.9 Å². The first-order valence-corrected chi connectivity index (χ1v) is 15.2. The van der Waals surface area contributed by atoms with Crippen LogP contribution in [0.25, 0.3) is 16.7 Å². The molecule has 0 saturated carbocycles. The standard InChI is InChI=1S/C32H23IN6O7/c33-22-16-38(27-24(22)28-35-36-37-39(28)18-34-27)29-26(46-32(42)21-14-8-3-9-15-21)25(45-31(41)20-12-6-2-7-13-20)23(44-29)17-43-30(40)19-10-4-1-5-11-19/h1-16,18,23,25-26,29H,17H2/t23-,25-,26-,29-/m1/s1. The Hall–Kier alpha value is -5.22. The molecule has 0 radical (unpaired) electrons. The smallest absolute Gasteiger partial charge is 0.338 e. The third-order valence-electron chi connectivity index (χ3n) is 7.42. The molecule has 4 heterocycles. The van der Waals surface area contributed by atoms with Gasteiger partial charge in [-0.2, -0.15) is 4.52 Å². The van der Waals surface area contributed by atoms with Crippen LogP contribution in [-0.4, -0.2) is 72.4 Å². The molecule has 3 aromatic heterocycles. The Morgan fingerprint density at radius 1 is 0.761 bits per heavy atom. The van der Waals surface area contributed by atoms with E-state index in [1.54, 1.807) is 102 Å². The Labute approximate surface area is 274 Å². The van der Waals surface area contributed by atoms with Gasteiger partial charge in [-0.1, -0.05) is 54.6 Å². The predicted octanol–water partition coefficient (Wildman–Crippen LogP) is 4.28. The van der Waals surface area contributed by atoms with E-state index in [9.17, 15) is 14.4 Å². The zero-order valence-corrected chi connectivity index (χ0v) is 25.9. The number of halogens is 1. The van der Waals surface area contributed by atoms with Crippen LogP contribution in [0.15, 0.2) is 104 Å². The molecule has 7 rings (SSSR count). The van der Waals surface area contributed by atoms with Crippen LogP contribution in [0, 0.1) is 3.57 Å². The van der Waals surface area contributed by atoms with Gasteiger partial charge in [0, 0.05) is 9.77 Å². The van der Waals surface area contributed by atoms with Gasteiger partial charge in [-0.3, -0.25) is 0 Å². The molecule has 1 fully saturated rings. The van der Waals surface area contributed by atoms with E-state index in [4.69, 9.17) is 18.9 Å². The van der Waals surface area contributed by atoms with Crippen molar-refractivity contribution >= 4 is 57.2 Å². The van der Waals surface area contributed by atoms with Gasteiger partial charge in [0.1, 0.15) is 24.7 Å². The quantitative estimate of drug-likeness (QED) is 0.126. The molecule has 230 valence electrons. The third kappa shape index (κ3) is 5.67. The minimum Gasteiger partial charge on any atom is -0.459 e. The minimum absolute atomic E-state index is 0.281. The lowest BCUT2D eigenvalue weighted by molar-refractivity contribution is -0.0604. The second-order valence-corrected chi connectivity index (χ2v) is 11.4. The summed E-state index contributed by atoms with van der Waals surface area (Å²) in [7, 11) is 0. The first-order valence-electron chi connectivity index (χ1n) is 14.1. The third-order valence-corrected chi connectivity index (χ3v) is 8.24. The van der Waals surface area contributed by atoms with E-state index in [0.717, 1.165) is 3.57 Å². The Bertz CT molecular complexity index is 2040. The van der Waals surface area contributed by atoms with Gasteiger partial charge in [0.15, 0.2) is 24.1 Å². The van der Waals surface area contributed by atoms with E-state index in [-0.39, 0.29) is 17.7 Å². The minimum atomic E-state index is -1.19. The van der Waals surface area contributed by atoms with E-state index in [1.807, 2.05) is 0 Å². The topological polar surface area (TPSA) is 149 Å². The molecule has 0 unspecified atom stereocenters. The normalized spacial score (nSPS) is 19.2. The first-order chi connectivity index (χ1) is 22.5. The molecule has 0 amide bonds. The molecule has 0 aliphatic carbocycles. The van der Waals surface area contributed by atoms with Crippen LogP contribution < -0.4 is 0 Å². The van der Waals surface area contributed by atoms with E-state index in [2.05, 4.69) is 43.1 Å². The highest BCUT2D eigenvalue weighted by molar-refractivity contribution is 14.1. The number of benzene rings is 3. The zero-order valence-electron chi connectivity index (χ0n) is 23.8. The van der Waals surface area contributed by atoms with E-state index in [0.29, 0.717) is 22.2 Å². The Balaban J connectivity index is 1.29. The number of hydrogen-bond donors (Lipinski definition) is 0. The molecular weight excluding hydrogens is 707 g/mol.